The molecule has 0 radical (unpaired) electrons. The van der Waals surface area contributed by atoms with Crippen LogP contribution in [0.3, 0.4) is 0 Å². The normalized spacial score (nSPS) is 19.8. The molecule has 2 aromatic rings. The molecule has 40 heavy (non-hydrogen) atoms. The van der Waals surface area contributed by atoms with E-state index in [0.29, 0.717) is 11.4 Å². The van der Waals surface area contributed by atoms with Gasteiger partial charge in [-0.15, -0.1) is 12.4 Å². The molecule has 1 atom stereocenters. The highest BCUT2D eigenvalue weighted by Gasteiger charge is 2.48. The molecule has 8 nitrogen and oxygen atoms in total. The number of methoxy groups -OCH3 is 1. The minimum Gasteiger partial charge on any atom is -0.496 e. The summed E-state index contributed by atoms with van der Waals surface area (Å²) >= 11 is 0. The first-order chi connectivity index (χ1) is 18.7. The first kappa shape index (κ1) is 30.3. The zero-order chi connectivity index (χ0) is 27.6. The monoisotopic (exact) mass is 589 g/mol. The summed E-state index contributed by atoms with van der Waals surface area (Å²) in [5, 5.41) is 3.27. The fourth-order valence-electron chi connectivity index (χ4n) is 5.98. The van der Waals surface area contributed by atoms with Crippen molar-refractivity contribution in [3.8, 4) is 5.75 Å². The number of amides is 2. The van der Waals surface area contributed by atoms with Crippen molar-refractivity contribution in [3.05, 3.63) is 59.7 Å². The van der Waals surface area contributed by atoms with Crippen molar-refractivity contribution >= 4 is 34.1 Å². The lowest BCUT2D eigenvalue weighted by Gasteiger charge is -2.38. The smallest absolute Gasteiger partial charge is 0.229 e. The zero-order valence-electron chi connectivity index (χ0n) is 23.3. The van der Waals surface area contributed by atoms with Gasteiger partial charge in [0.2, 0.25) is 11.8 Å². The van der Waals surface area contributed by atoms with E-state index in [4.69, 9.17) is 4.74 Å². The molecule has 218 valence electrons. The molecule has 1 saturated carbocycles. The van der Waals surface area contributed by atoms with Crippen molar-refractivity contribution in [1.29, 1.82) is 0 Å². The Balaban J connectivity index is 0.00000370. The third kappa shape index (κ3) is 6.81. The van der Waals surface area contributed by atoms with Gasteiger partial charge in [-0.2, -0.15) is 0 Å². The van der Waals surface area contributed by atoms with E-state index in [-0.39, 0.29) is 41.6 Å². The van der Waals surface area contributed by atoms with Crippen molar-refractivity contribution in [2.75, 3.05) is 39.5 Å². The first-order valence-electron chi connectivity index (χ1n) is 13.9. The number of hydrogen-bond acceptors (Lipinski definition) is 6. The van der Waals surface area contributed by atoms with E-state index in [0.717, 1.165) is 81.6 Å². The lowest BCUT2D eigenvalue weighted by Crippen LogP contribution is -2.45. The van der Waals surface area contributed by atoms with Gasteiger partial charge in [-0.3, -0.25) is 9.59 Å². The molecule has 2 heterocycles. The van der Waals surface area contributed by atoms with Crippen molar-refractivity contribution in [2.24, 2.45) is 11.3 Å². The highest BCUT2D eigenvalue weighted by atomic mass is 35.5. The molecule has 10 heteroatoms. The highest BCUT2D eigenvalue weighted by Crippen LogP contribution is 2.42. The number of nitrogens with one attached hydrogen (secondary N) is 1. The first-order valence-corrected chi connectivity index (χ1v) is 15.8. The van der Waals surface area contributed by atoms with E-state index < -0.39 is 9.84 Å². The number of para-hydroxylation sites is 1. The van der Waals surface area contributed by atoms with Gasteiger partial charge < -0.3 is 19.9 Å². The lowest BCUT2D eigenvalue weighted by atomic mass is 9.77. The number of ether oxygens (including phenoxy) is 1. The standard InChI is InChI=1S/C30H39N3O5S.ClH/c1-38-27-6-4-3-5-25(27)26(31-28(34)23-9-10-23)13-17-32-18-14-30(15-19-32)16-20-33(29(30)35)21-22-7-11-24(12-8-22)39(2,36)37;/h3-8,11-12,23,26H,9-10,13-21H2,1-2H3,(H,31,34);1H. The van der Waals surface area contributed by atoms with Gasteiger partial charge in [-0.05, 0) is 75.4 Å². The number of nitrogens with zero attached hydrogens (tertiary/aromatic N) is 2. The summed E-state index contributed by atoms with van der Waals surface area (Å²) in [5.74, 6) is 1.29. The van der Waals surface area contributed by atoms with E-state index in [1.165, 1.54) is 6.26 Å². The maximum Gasteiger partial charge on any atom is 0.229 e. The van der Waals surface area contributed by atoms with Crippen LogP contribution < -0.4 is 10.1 Å². The molecule has 0 bridgehead atoms. The fourth-order valence-corrected chi connectivity index (χ4v) is 6.61. The van der Waals surface area contributed by atoms with Crippen molar-refractivity contribution in [2.45, 2.75) is 56.0 Å². The number of sulfone groups is 1. The predicted molar refractivity (Wildman–Crippen MR) is 156 cm³/mol. The summed E-state index contributed by atoms with van der Waals surface area (Å²) in [6.45, 7) is 3.80. The Kier molecular flexibility index (Phi) is 9.47. The van der Waals surface area contributed by atoms with Gasteiger partial charge in [0, 0.05) is 37.4 Å². The molecule has 3 fully saturated rings. The SMILES string of the molecule is COc1ccccc1C(CCN1CCC2(CC1)CCN(Cc1ccc(S(C)(=O)=O)cc1)C2=O)NC(=O)C1CC1.Cl. The summed E-state index contributed by atoms with van der Waals surface area (Å²) in [6.07, 6.45) is 6.46. The fraction of sp³-hybridized carbons (Fsp3) is 0.533. The molecule has 2 amide bonds. The third-order valence-electron chi connectivity index (χ3n) is 8.65. The van der Waals surface area contributed by atoms with Crippen LogP contribution in [0.5, 0.6) is 5.75 Å². The average Bonchev–Trinajstić information content (AvgIpc) is 3.75. The second-order valence-electron chi connectivity index (χ2n) is 11.4. The quantitative estimate of drug-likeness (QED) is 0.450. The number of carbonyl (C=O) groups excluding carboxylic acids is 2. The van der Waals surface area contributed by atoms with Crippen molar-refractivity contribution < 1.29 is 22.7 Å². The molecule has 1 unspecified atom stereocenters. The van der Waals surface area contributed by atoms with Gasteiger partial charge in [0.25, 0.3) is 0 Å². The average molecular weight is 590 g/mol. The van der Waals surface area contributed by atoms with Crippen molar-refractivity contribution in [1.82, 2.24) is 15.1 Å². The molecule has 2 saturated heterocycles. The lowest BCUT2D eigenvalue weighted by molar-refractivity contribution is -0.139. The summed E-state index contributed by atoms with van der Waals surface area (Å²) in [7, 11) is -1.57. The maximum absolute atomic E-state index is 13.5. The number of hydrogen-bond donors (Lipinski definition) is 1. The number of benzene rings is 2. The summed E-state index contributed by atoms with van der Waals surface area (Å²) < 4.78 is 29.1. The van der Waals surface area contributed by atoms with Crippen LogP contribution in [0.4, 0.5) is 0 Å². The maximum atomic E-state index is 13.5. The largest absolute Gasteiger partial charge is 0.496 e. The van der Waals surface area contributed by atoms with Crippen LogP contribution in [0.2, 0.25) is 0 Å². The molecule has 1 aliphatic carbocycles. The summed E-state index contributed by atoms with van der Waals surface area (Å²) in [6, 6.07) is 14.6. The van der Waals surface area contributed by atoms with Crippen LogP contribution in [0, 0.1) is 11.3 Å². The second-order valence-corrected chi connectivity index (χ2v) is 13.4. The molecule has 1 spiro atoms. The number of halogens is 1. The molecular formula is C30H40ClN3O5S. The Morgan fingerprint density at radius 3 is 2.33 bits per heavy atom. The van der Waals surface area contributed by atoms with E-state index in [1.807, 2.05) is 29.2 Å². The Morgan fingerprint density at radius 2 is 1.70 bits per heavy atom. The molecule has 5 rings (SSSR count). The summed E-state index contributed by atoms with van der Waals surface area (Å²) in [4.78, 5) is 30.8. The van der Waals surface area contributed by atoms with E-state index in [1.54, 1.807) is 31.4 Å². The number of piperidine rings is 1. The summed E-state index contributed by atoms with van der Waals surface area (Å²) in [5.41, 5.74) is 1.65. The Morgan fingerprint density at radius 1 is 1.05 bits per heavy atom. The third-order valence-corrected chi connectivity index (χ3v) is 9.78. The topological polar surface area (TPSA) is 96.0 Å². The van der Waals surface area contributed by atoms with E-state index in [9.17, 15) is 18.0 Å². The highest BCUT2D eigenvalue weighted by molar-refractivity contribution is 7.90. The minimum atomic E-state index is -3.23. The molecule has 2 aromatic carbocycles. The van der Waals surface area contributed by atoms with Gasteiger partial charge in [0.1, 0.15) is 5.75 Å². The Hall–Kier alpha value is -2.62. The zero-order valence-corrected chi connectivity index (χ0v) is 24.9. The van der Waals surface area contributed by atoms with Crippen LogP contribution in [0.1, 0.15) is 55.7 Å². The Bertz CT molecular complexity index is 1300. The van der Waals surface area contributed by atoms with Gasteiger partial charge in [0.15, 0.2) is 9.84 Å². The molecule has 0 aromatic heterocycles. The molecule has 2 aliphatic heterocycles. The predicted octanol–water partition coefficient (Wildman–Crippen LogP) is 3.99. The van der Waals surface area contributed by atoms with Crippen LogP contribution in [0.25, 0.3) is 0 Å². The second kappa shape index (κ2) is 12.5. The molecular weight excluding hydrogens is 550 g/mol. The van der Waals surface area contributed by atoms with Crippen LogP contribution in [-0.4, -0.2) is 69.6 Å². The van der Waals surface area contributed by atoms with Crippen molar-refractivity contribution in [3.63, 3.8) is 0 Å². The number of likely N-dealkylation sites (tertiary alicyclic amines) is 2. The number of rotatable bonds is 10. The van der Waals surface area contributed by atoms with Gasteiger partial charge in [-0.25, -0.2) is 8.42 Å². The number of carbonyl (C=O) groups is 2. The van der Waals surface area contributed by atoms with Gasteiger partial charge in [0.05, 0.1) is 23.5 Å². The van der Waals surface area contributed by atoms with E-state index in [2.05, 4.69) is 10.2 Å². The van der Waals surface area contributed by atoms with Crippen LogP contribution in [-0.2, 0) is 26.0 Å². The molecule has 3 aliphatic rings. The molecule has 1 N–H and O–H groups in total. The van der Waals surface area contributed by atoms with Gasteiger partial charge in [-0.1, -0.05) is 30.3 Å². The van der Waals surface area contributed by atoms with Crippen LogP contribution >= 0.6 is 12.4 Å². The minimum absolute atomic E-state index is 0. The van der Waals surface area contributed by atoms with Gasteiger partial charge >= 0.3 is 0 Å². The Labute approximate surface area is 243 Å². The van der Waals surface area contributed by atoms with E-state index >= 15 is 0 Å². The van der Waals surface area contributed by atoms with Crippen LogP contribution in [0.15, 0.2) is 53.4 Å².